The van der Waals surface area contributed by atoms with Gasteiger partial charge < -0.3 is 10.1 Å². The highest BCUT2D eigenvalue weighted by atomic mass is 35.5. The highest BCUT2D eigenvalue weighted by molar-refractivity contribution is 7.88. The van der Waals surface area contributed by atoms with Crippen molar-refractivity contribution in [1.82, 2.24) is 9.62 Å². The third-order valence-electron chi connectivity index (χ3n) is 4.83. The summed E-state index contributed by atoms with van der Waals surface area (Å²) in [5.74, 6) is -0.539. The average Bonchev–Trinajstić information content (AvgIpc) is 3.17. The van der Waals surface area contributed by atoms with Crippen LogP contribution in [0.25, 0.3) is 0 Å². The summed E-state index contributed by atoms with van der Waals surface area (Å²) >= 11 is 0. The number of ether oxygens (including phenoxy) is 1. The van der Waals surface area contributed by atoms with Crippen LogP contribution in [0.5, 0.6) is 0 Å². The monoisotopic (exact) mass is 374 g/mol. The van der Waals surface area contributed by atoms with Crippen LogP contribution >= 0.6 is 12.4 Å². The lowest BCUT2D eigenvalue weighted by molar-refractivity contribution is 0.0600. The number of hydrogen-bond donors (Lipinski definition) is 1. The Morgan fingerprint density at radius 2 is 2.17 bits per heavy atom. The van der Waals surface area contributed by atoms with Crippen LogP contribution in [0.15, 0.2) is 24.3 Å². The van der Waals surface area contributed by atoms with Gasteiger partial charge in [-0.3, -0.25) is 0 Å². The Kier molecular flexibility index (Phi) is 5.91. The number of rotatable bonds is 4. The Morgan fingerprint density at radius 1 is 1.38 bits per heavy atom. The lowest BCUT2D eigenvalue weighted by atomic mass is 9.87. The molecule has 1 aromatic carbocycles. The minimum absolute atomic E-state index is 0. The van der Waals surface area contributed by atoms with Crippen LogP contribution < -0.4 is 5.32 Å². The molecule has 134 valence electrons. The van der Waals surface area contributed by atoms with Crippen molar-refractivity contribution < 1.29 is 17.9 Å². The molecule has 0 bridgehead atoms. The van der Waals surface area contributed by atoms with Gasteiger partial charge in [-0.1, -0.05) is 12.1 Å². The fourth-order valence-corrected chi connectivity index (χ4v) is 5.11. The van der Waals surface area contributed by atoms with Gasteiger partial charge >= 0.3 is 5.97 Å². The fraction of sp³-hybridized carbons (Fsp3) is 0.562. The number of nitrogens with one attached hydrogen (secondary N) is 1. The van der Waals surface area contributed by atoms with Crippen LogP contribution in [0.1, 0.15) is 28.8 Å². The number of esters is 1. The topological polar surface area (TPSA) is 75.7 Å². The van der Waals surface area contributed by atoms with Crippen molar-refractivity contribution in [1.29, 1.82) is 0 Å². The van der Waals surface area contributed by atoms with E-state index in [2.05, 4.69) is 10.1 Å². The van der Waals surface area contributed by atoms with E-state index < -0.39 is 16.0 Å². The first-order chi connectivity index (χ1) is 10.9. The molecule has 6 nitrogen and oxygen atoms in total. The van der Waals surface area contributed by atoms with E-state index in [0.717, 1.165) is 25.9 Å². The number of hydrogen-bond acceptors (Lipinski definition) is 5. The molecule has 2 aliphatic rings. The largest absolute Gasteiger partial charge is 0.465 e. The summed E-state index contributed by atoms with van der Waals surface area (Å²) in [6.45, 7) is 3.05. The maximum atomic E-state index is 12.7. The van der Waals surface area contributed by atoms with Crippen LogP contribution in [-0.4, -0.2) is 52.0 Å². The molecule has 3 rings (SSSR count). The standard InChI is InChI=1S/C16H22N2O4S.ClH/c1-22-15(19)14-4-2-3-13(9-14)10-23(20,21)18-8-6-16(12-18)5-7-17-11-16;/h2-4,9,17H,5-8,10-12H2,1H3;1H. The van der Waals surface area contributed by atoms with E-state index in [-0.39, 0.29) is 23.6 Å². The third kappa shape index (κ3) is 3.91. The number of nitrogens with zero attached hydrogens (tertiary/aromatic N) is 1. The normalized spacial score (nSPS) is 24.0. The van der Waals surface area contributed by atoms with Gasteiger partial charge in [-0.15, -0.1) is 12.4 Å². The van der Waals surface area contributed by atoms with Gasteiger partial charge in [0.05, 0.1) is 18.4 Å². The Morgan fingerprint density at radius 3 is 2.83 bits per heavy atom. The molecule has 8 heteroatoms. The van der Waals surface area contributed by atoms with E-state index in [0.29, 0.717) is 24.2 Å². The molecule has 0 aliphatic carbocycles. The smallest absolute Gasteiger partial charge is 0.337 e. The molecule has 0 saturated carbocycles. The van der Waals surface area contributed by atoms with Crippen molar-refractivity contribution in [3.05, 3.63) is 35.4 Å². The lowest BCUT2D eigenvalue weighted by Crippen LogP contribution is -2.34. The van der Waals surface area contributed by atoms with Crippen molar-refractivity contribution in [2.75, 3.05) is 33.3 Å². The van der Waals surface area contributed by atoms with Crippen molar-refractivity contribution in [3.8, 4) is 0 Å². The molecule has 24 heavy (non-hydrogen) atoms. The fourth-order valence-electron chi connectivity index (χ4n) is 3.48. The maximum absolute atomic E-state index is 12.7. The van der Waals surface area contributed by atoms with Gasteiger partial charge in [-0.25, -0.2) is 17.5 Å². The molecule has 2 heterocycles. The number of sulfonamides is 1. The Hall–Kier alpha value is -1.15. The van der Waals surface area contributed by atoms with Crippen molar-refractivity contribution >= 4 is 28.4 Å². The summed E-state index contributed by atoms with van der Waals surface area (Å²) < 4.78 is 31.6. The van der Waals surface area contributed by atoms with Crippen molar-refractivity contribution in [2.24, 2.45) is 5.41 Å². The van der Waals surface area contributed by atoms with E-state index in [9.17, 15) is 13.2 Å². The molecule has 0 amide bonds. The summed E-state index contributed by atoms with van der Waals surface area (Å²) in [6.07, 6.45) is 1.96. The van der Waals surface area contributed by atoms with Gasteiger partial charge in [-0.2, -0.15) is 0 Å². The molecule has 0 aromatic heterocycles. The minimum Gasteiger partial charge on any atom is -0.465 e. The maximum Gasteiger partial charge on any atom is 0.337 e. The second-order valence-corrected chi connectivity index (χ2v) is 8.43. The summed E-state index contributed by atoms with van der Waals surface area (Å²) in [6, 6.07) is 6.62. The predicted octanol–water partition coefficient (Wildman–Crippen LogP) is 1.41. The quantitative estimate of drug-likeness (QED) is 0.806. The van der Waals surface area contributed by atoms with Gasteiger partial charge in [-0.05, 0) is 42.5 Å². The molecular weight excluding hydrogens is 352 g/mol. The van der Waals surface area contributed by atoms with Crippen LogP contribution in [0.2, 0.25) is 0 Å². The zero-order valence-corrected chi connectivity index (χ0v) is 15.3. The van der Waals surface area contributed by atoms with E-state index >= 15 is 0 Å². The zero-order valence-electron chi connectivity index (χ0n) is 13.7. The Balaban J connectivity index is 0.00000208. The molecule has 1 spiro atoms. The highest BCUT2D eigenvalue weighted by Crippen LogP contribution is 2.37. The van der Waals surface area contributed by atoms with Gasteiger partial charge in [0, 0.05) is 19.6 Å². The summed E-state index contributed by atoms with van der Waals surface area (Å²) in [7, 11) is -2.06. The highest BCUT2D eigenvalue weighted by Gasteiger charge is 2.43. The van der Waals surface area contributed by atoms with Crippen molar-refractivity contribution in [2.45, 2.75) is 18.6 Å². The number of halogens is 1. The molecular formula is C16H23ClN2O4S. The molecule has 2 fully saturated rings. The Labute approximate surface area is 149 Å². The summed E-state index contributed by atoms with van der Waals surface area (Å²) in [4.78, 5) is 11.6. The lowest BCUT2D eigenvalue weighted by Gasteiger charge is -2.22. The number of carbonyl (C=O) groups is 1. The summed E-state index contributed by atoms with van der Waals surface area (Å²) in [5, 5.41) is 3.33. The second kappa shape index (κ2) is 7.39. The van der Waals surface area contributed by atoms with Crippen LogP contribution in [0, 0.1) is 5.41 Å². The molecule has 1 atom stereocenters. The average molecular weight is 375 g/mol. The molecule has 2 saturated heterocycles. The van der Waals surface area contributed by atoms with Gasteiger partial charge in [0.25, 0.3) is 0 Å². The molecule has 1 unspecified atom stereocenters. The first kappa shape index (κ1) is 19.2. The number of benzene rings is 1. The molecule has 1 aromatic rings. The molecule has 1 N–H and O–H groups in total. The van der Waals surface area contributed by atoms with Gasteiger partial charge in [0.2, 0.25) is 10.0 Å². The van der Waals surface area contributed by atoms with Gasteiger partial charge in [0.1, 0.15) is 0 Å². The molecule has 2 aliphatic heterocycles. The van der Waals surface area contributed by atoms with Crippen LogP contribution in [0.4, 0.5) is 0 Å². The minimum atomic E-state index is -3.37. The SMILES string of the molecule is COC(=O)c1cccc(CS(=O)(=O)N2CCC3(CCNC3)C2)c1.Cl. The third-order valence-corrected chi connectivity index (χ3v) is 6.62. The first-order valence-electron chi connectivity index (χ1n) is 7.80. The van der Waals surface area contributed by atoms with Crippen molar-refractivity contribution in [3.63, 3.8) is 0 Å². The summed E-state index contributed by atoms with van der Waals surface area (Å²) in [5.41, 5.74) is 1.09. The number of methoxy groups -OCH3 is 1. The van der Waals surface area contributed by atoms with Crippen LogP contribution in [-0.2, 0) is 20.5 Å². The second-order valence-electron chi connectivity index (χ2n) is 6.46. The van der Waals surface area contributed by atoms with E-state index in [1.807, 2.05) is 0 Å². The zero-order chi connectivity index (χ0) is 16.5. The van der Waals surface area contributed by atoms with Gasteiger partial charge in [0.15, 0.2) is 0 Å². The molecule has 0 radical (unpaired) electrons. The Bertz CT molecular complexity index is 702. The predicted molar refractivity (Wildman–Crippen MR) is 93.8 cm³/mol. The van der Waals surface area contributed by atoms with E-state index in [1.54, 1.807) is 28.6 Å². The van der Waals surface area contributed by atoms with E-state index in [4.69, 9.17) is 0 Å². The number of carbonyl (C=O) groups excluding carboxylic acids is 1. The van der Waals surface area contributed by atoms with E-state index in [1.165, 1.54) is 7.11 Å². The van der Waals surface area contributed by atoms with Crippen LogP contribution in [0.3, 0.4) is 0 Å². The first-order valence-corrected chi connectivity index (χ1v) is 9.41.